The van der Waals surface area contributed by atoms with Crippen molar-refractivity contribution in [1.29, 1.82) is 0 Å². The average Bonchev–Trinajstić information content (AvgIpc) is 2.42. The second-order valence-corrected chi connectivity index (χ2v) is 5.20. The van der Waals surface area contributed by atoms with Crippen LogP contribution in [0.15, 0.2) is 48.0 Å². The number of ether oxygens (including phenoxy) is 1. The fourth-order valence-corrected chi connectivity index (χ4v) is 2.44. The molecule has 2 aromatic rings. The molecule has 2 aromatic carbocycles. The molecule has 0 radical (unpaired) electrons. The van der Waals surface area contributed by atoms with Crippen molar-refractivity contribution >= 4 is 12.0 Å². The molecule has 0 saturated heterocycles. The van der Waals surface area contributed by atoms with Crippen LogP contribution in [-0.4, -0.2) is 5.97 Å². The van der Waals surface area contributed by atoms with E-state index in [0.717, 1.165) is 16.7 Å². The molecule has 2 heteroatoms. The lowest BCUT2D eigenvalue weighted by Gasteiger charge is -2.18. The number of carbonyl (C=O) groups excluding carboxylic acids is 1. The first-order chi connectivity index (χ1) is 9.63. The van der Waals surface area contributed by atoms with Crippen molar-refractivity contribution < 1.29 is 9.53 Å². The topological polar surface area (TPSA) is 26.3 Å². The first-order valence-corrected chi connectivity index (χ1v) is 6.71. The zero-order valence-corrected chi connectivity index (χ0v) is 11.6. The lowest BCUT2D eigenvalue weighted by atomic mass is 9.97. The van der Waals surface area contributed by atoms with Crippen molar-refractivity contribution in [3.63, 3.8) is 0 Å². The third kappa shape index (κ3) is 2.37. The molecular weight excluding hydrogens is 248 g/mol. The predicted molar refractivity (Wildman–Crippen MR) is 79.7 cm³/mol. The van der Waals surface area contributed by atoms with Gasteiger partial charge in [-0.15, -0.1) is 0 Å². The van der Waals surface area contributed by atoms with Crippen molar-refractivity contribution in [3.8, 4) is 5.75 Å². The van der Waals surface area contributed by atoms with E-state index in [1.165, 1.54) is 5.56 Å². The van der Waals surface area contributed by atoms with Crippen LogP contribution in [0.5, 0.6) is 5.75 Å². The number of hydrogen-bond acceptors (Lipinski definition) is 2. The zero-order valence-electron chi connectivity index (χ0n) is 11.6. The predicted octanol–water partition coefficient (Wildman–Crippen LogP) is 3.85. The summed E-state index contributed by atoms with van der Waals surface area (Å²) in [6.07, 6.45) is 2.56. The number of fused-ring (bicyclic) bond motifs is 1. The van der Waals surface area contributed by atoms with Gasteiger partial charge in [0.05, 0.1) is 0 Å². The van der Waals surface area contributed by atoms with Crippen molar-refractivity contribution in [2.45, 2.75) is 20.3 Å². The van der Waals surface area contributed by atoms with Gasteiger partial charge in [0.15, 0.2) is 0 Å². The van der Waals surface area contributed by atoms with Crippen molar-refractivity contribution in [1.82, 2.24) is 0 Å². The smallest absolute Gasteiger partial charge is 0.339 e. The number of benzene rings is 2. The Morgan fingerprint density at radius 2 is 1.90 bits per heavy atom. The molecule has 0 bridgehead atoms. The summed E-state index contributed by atoms with van der Waals surface area (Å²) in [5.41, 5.74) is 5.18. The SMILES string of the molecule is Cc1ccc2c(c1)C/C(=C\c1ccccc1C)C(=O)O2. The molecule has 0 fully saturated rings. The van der Waals surface area contributed by atoms with E-state index in [1.807, 2.05) is 56.3 Å². The van der Waals surface area contributed by atoms with Gasteiger partial charge in [-0.3, -0.25) is 0 Å². The molecule has 0 aliphatic carbocycles. The minimum atomic E-state index is -0.246. The quantitative estimate of drug-likeness (QED) is 0.444. The first-order valence-electron chi connectivity index (χ1n) is 6.71. The van der Waals surface area contributed by atoms with Crippen molar-refractivity contribution in [3.05, 3.63) is 70.3 Å². The normalized spacial score (nSPS) is 15.9. The highest BCUT2D eigenvalue weighted by atomic mass is 16.5. The largest absolute Gasteiger partial charge is 0.423 e. The summed E-state index contributed by atoms with van der Waals surface area (Å²) in [6.45, 7) is 4.08. The molecule has 1 aliphatic rings. The summed E-state index contributed by atoms with van der Waals surface area (Å²) in [7, 11) is 0. The van der Waals surface area contributed by atoms with Crippen LogP contribution in [0.2, 0.25) is 0 Å². The summed E-state index contributed by atoms with van der Waals surface area (Å²) in [4.78, 5) is 12.1. The maximum absolute atomic E-state index is 12.1. The Hall–Kier alpha value is -2.35. The van der Waals surface area contributed by atoms with Crippen LogP contribution in [0, 0.1) is 13.8 Å². The maximum Gasteiger partial charge on any atom is 0.339 e. The molecule has 0 atom stereocenters. The van der Waals surface area contributed by atoms with Gasteiger partial charge < -0.3 is 4.74 Å². The highest BCUT2D eigenvalue weighted by molar-refractivity contribution is 5.97. The monoisotopic (exact) mass is 264 g/mol. The highest BCUT2D eigenvalue weighted by Crippen LogP contribution is 2.29. The third-order valence-electron chi connectivity index (χ3n) is 3.58. The molecular formula is C18H16O2. The average molecular weight is 264 g/mol. The van der Waals surface area contributed by atoms with Gasteiger partial charge in [0.25, 0.3) is 0 Å². The van der Waals surface area contributed by atoms with Gasteiger partial charge in [0, 0.05) is 12.0 Å². The van der Waals surface area contributed by atoms with E-state index in [9.17, 15) is 4.79 Å². The Morgan fingerprint density at radius 1 is 1.10 bits per heavy atom. The number of carbonyl (C=O) groups is 1. The summed E-state index contributed by atoms with van der Waals surface area (Å²) in [6, 6.07) is 13.9. The van der Waals surface area contributed by atoms with E-state index in [-0.39, 0.29) is 5.97 Å². The fraction of sp³-hybridized carbons (Fsp3) is 0.167. The second-order valence-electron chi connectivity index (χ2n) is 5.20. The van der Waals surface area contributed by atoms with E-state index in [4.69, 9.17) is 4.74 Å². The molecule has 0 amide bonds. The molecule has 2 nitrogen and oxygen atoms in total. The molecule has 0 N–H and O–H groups in total. The van der Waals surface area contributed by atoms with Gasteiger partial charge in [-0.25, -0.2) is 4.79 Å². The van der Waals surface area contributed by atoms with E-state index in [0.29, 0.717) is 17.7 Å². The van der Waals surface area contributed by atoms with Gasteiger partial charge in [-0.1, -0.05) is 42.0 Å². The van der Waals surface area contributed by atoms with E-state index in [2.05, 4.69) is 6.07 Å². The summed E-state index contributed by atoms with van der Waals surface area (Å²) < 4.78 is 5.40. The van der Waals surface area contributed by atoms with Gasteiger partial charge in [-0.2, -0.15) is 0 Å². The zero-order chi connectivity index (χ0) is 14.1. The summed E-state index contributed by atoms with van der Waals surface area (Å²) in [5, 5.41) is 0. The minimum Gasteiger partial charge on any atom is -0.423 e. The lowest BCUT2D eigenvalue weighted by molar-refractivity contribution is -0.130. The van der Waals surface area contributed by atoms with E-state index < -0.39 is 0 Å². The second kappa shape index (κ2) is 4.97. The van der Waals surface area contributed by atoms with Crippen LogP contribution in [0.1, 0.15) is 22.3 Å². The van der Waals surface area contributed by atoms with E-state index >= 15 is 0 Å². The molecule has 0 unspecified atom stereocenters. The van der Waals surface area contributed by atoms with Crippen molar-refractivity contribution in [2.24, 2.45) is 0 Å². The minimum absolute atomic E-state index is 0.246. The molecule has 0 saturated carbocycles. The van der Waals surface area contributed by atoms with Crippen LogP contribution >= 0.6 is 0 Å². The standard InChI is InChI=1S/C18H16O2/c1-12-7-8-17-15(9-12)11-16(18(19)20-17)10-14-6-4-3-5-13(14)2/h3-10H,11H2,1-2H3/b16-10+. The van der Waals surface area contributed by atoms with Crippen LogP contribution in [-0.2, 0) is 11.2 Å². The molecule has 0 aromatic heterocycles. The van der Waals surface area contributed by atoms with Gasteiger partial charge >= 0.3 is 5.97 Å². The Morgan fingerprint density at radius 3 is 2.70 bits per heavy atom. The molecule has 1 aliphatic heterocycles. The van der Waals surface area contributed by atoms with Gasteiger partial charge in [0.2, 0.25) is 0 Å². The Bertz CT molecular complexity index is 711. The Labute approximate surface area is 118 Å². The Balaban J connectivity index is 2.00. The number of rotatable bonds is 1. The van der Waals surface area contributed by atoms with Crippen molar-refractivity contribution in [2.75, 3.05) is 0 Å². The summed E-state index contributed by atoms with van der Waals surface area (Å²) in [5.74, 6) is 0.437. The van der Waals surface area contributed by atoms with Gasteiger partial charge in [0.1, 0.15) is 5.75 Å². The number of hydrogen-bond donors (Lipinski definition) is 0. The Kier molecular flexibility index (Phi) is 3.15. The third-order valence-corrected chi connectivity index (χ3v) is 3.58. The van der Waals surface area contributed by atoms with Gasteiger partial charge in [-0.05, 0) is 42.7 Å². The molecule has 100 valence electrons. The van der Waals surface area contributed by atoms with Crippen LogP contribution in [0.3, 0.4) is 0 Å². The van der Waals surface area contributed by atoms with Crippen LogP contribution < -0.4 is 4.74 Å². The number of aryl methyl sites for hydroxylation is 2. The molecule has 0 spiro atoms. The van der Waals surface area contributed by atoms with Crippen LogP contribution in [0.4, 0.5) is 0 Å². The fourth-order valence-electron chi connectivity index (χ4n) is 2.44. The number of esters is 1. The summed E-state index contributed by atoms with van der Waals surface area (Å²) >= 11 is 0. The first kappa shape index (κ1) is 12.7. The molecule has 3 rings (SSSR count). The maximum atomic E-state index is 12.1. The van der Waals surface area contributed by atoms with E-state index in [1.54, 1.807) is 0 Å². The molecule has 1 heterocycles. The molecule has 20 heavy (non-hydrogen) atoms. The van der Waals surface area contributed by atoms with Crippen LogP contribution in [0.25, 0.3) is 6.08 Å². The highest BCUT2D eigenvalue weighted by Gasteiger charge is 2.22. The lowest BCUT2D eigenvalue weighted by Crippen LogP contribution is -2.19.